The van der Waals surface area contributed by atoms with Gasteiger partial charge in [0, 0.05) is 13.1 Å². The SMILES string of the molecule is CSCC[C@@H](NC(=O)N1CCC(C(N)=O)C1)C(=O)O. The summed E-state index contributed by atoms with van der Waals surface area (Å²) in [5.74, 6) is -1.15. The topological polar surface area (TPSA) is 113 Å². The molecule has 8 heteroatoms. The summed E-state index contributed by atoms with van der Waals surface area (Å²) in [7, 11) is 0. The number of carboxylic acids is 1. The molecule has 1 aliphatic heterocycles. The molecular formula is C11H19N3O4S. The average molecular weight is 289 g/mol. The summed E-state index contributed by atoms with van der Waals surface area (Å²) in [5, 5.41) is 11.5. The number of urea groups is 1. The minimum atomic E-state index is -1.05. The lowest BCUT2D eigenvalue weighted by atomic mass is 10.1. The fraction of sp³-hybridized carbons (Fsp3) is 0.727. The van der Waals surface area contributed by atoms with E-state index < -0.39 is 23.9 Å². The second-order valence-electron chi connectivity index (χ2n) is 4.46. The van der Waals surface area contributed by atoms with E-state index in [4.69, 9.17) is 10.8 Å². The van der Waals surface area contributed by atoms with Gasteiger partial charge in [0.1, 0.15) is 6.04 Å². The first kappa shape index (κ1) is 15.6. The maximum absolute atomic E-state index is 11.9. The minimum absolute atomic E-state index is 0.260. The van der Waals surface area contributed by atoms with Gasteiger partial charge in [0.2, 0.25) is 5.91 Å². The number of thioether (sulfide) groups is 1. The van der Waals surface area contributed by atoms with Gasteiger partial charge in [-0.05, 0) is 24.9 Å². The van der Waals surface area contributed by atoms with E-state index in [2.05, 4.69) is 5.32 Å². The van der Waals surface area contributed by atoms with Gasteiger partial charge in [-0.25, -0.2) is 9.59 Å². The minimum Gasteiger partial charge on any atom is -0.480 e. The number of carbonyl (C=O) groups excluding carboxylic acids is 2. The summed E-state index contributed by atoms with van der Waals surface area (Å²) >= 11 is 1.52. The van der Waals surface area contributed by atoms with Gasteiger partial charge in [-0.15, -0.1) is 0 Å². The molecule has 1 rings (SSSR count). The lowest BCUT2D eigenvalue weighted by molar-refractivity contribution is -0.139. The zero-order valence-electron chi connectivity index (χ0n) is 10.8. The van der Waals surface area contributed by atoms with Crippen molar-refractivity contribution in [2.45, 2.75) is 18.9 Å². The standard InChI is InChI=1S/C11H19N3O4S/c1-19-5-3-8(10(16)17)13-11(18)14-4-2-7(6-14)9(12)15/h7-8H,2-6H2,1H3,(H2,12,15)(H,13,18)(H,16,17)/t7?,8-/m1/s1. The van der Waals surface area contributed by atoms with Crippen molar-refractivity contribution < 1.29 is 19.5 Å². The number of nitrogens with one attached hydrogen (secondary N) is 1. The van der Waals surface area contributed by atoms with Gasteiger partial charge >= 0.3 is 12.0 Å². The van der Waals surface area contributed by atoms with Crippen LogP contribution in [0.25, 0.3) is 0 Å². The van der Waals surface area contributed by atoms with Gasteiger partial charge < -0.3 is 21.1 Å². The van der Waals surface area contributed by atoms with Gasteiger partial charge in [0.15, 0.2) is 0 Å². The molecule has 1 aliphatic rings. The summed E-state index contributed by atoms with van der Waals surface area (Å²) in [6.07, 6.45) is 2.78. The number of nitrogens with two attached hydrogens (primary N) is 1. The van der Waals surface area contributed by atoms with Gasteiger partial charge in [0.25, 0.3) is 0 Å². The first-order valence-electron chi connectivity index (χ1n) is 6.02. The van der Waals surface area contributed by atoms with Gasteiger partial charge in [0.05, 0.1) is 5.92 Å². The highest BCUT2D eigenvalue weighted by Crippen LogP contribution is 2.15. The Labute approximate surface area is 115 Å². The van der Waals surface area contributed by atoms with Crippen LogP contribution < -0.4 is 11.1 Å². The Bertz CT molecular complexity index is 364. The van der Waals surface area contributed by atoms with Crippen molar-refractivity contribution in [3.63, 3.8) is 0 Å². The molecule has 0 saturated carbocycles. The molecule has 19 heavy (non-hydrogen) atoms. The molecule has 4 N–H and O–H groups in total. The third-order valence-corrected chi connectivity index (χ3v) is 3.73. The van der Waals surface area contributed by atoms with Crippen molar-refractivity contribution in [3.8, 4) is 0 Å². The van der Waals surface area contributed by atoms with Crippen molar-refractivity contribution in [1.29, 1.82) is 0 Å². The molecule has 3 amide bonds. The van der Waals surface area contributed by atoms with Gasteiger partial charge in [-0.3, -0.25) is 4.79 Å². The van der Waals surface area contributed by atoms with Crippen LogP contribution in [0.4, 0.5) is 4.79 Å². The third-order valence-electron chi connectivity index (χ3n) is 3.08. The predicted octanol–water partition coefficient (Wildman–Crippen LogP) is -0.290. The van der Waals surface area contributed by atoms with E-state index in [1.807, 2.05) is 6.26 Å². The average Bonchev–Trinajstić information content (AvgIpc) is 2.83. The maximum atomic E-state index is 11.9. The van der Waals surface area contributed by atoms with Crippen molar-refractivity contribution in [2.24, 2.45) is 11.7 Å². The number of aliphatic carboxylic acids is 1. The van der Waals surface area contributed by atoms with Crippen molar-refractivity contribution in [3.05, 3.63) is 0 Å². The highest BCUT2D eigenvalue weighted by molar-refractivity contribution is 7.98. The predicted molar refractivity (Wildman–Crippen MR) is 71.8 cm³/mol. The van der Waals surface area contributed by atoms with Gasteiger partial charge in [-0.2, -0.15) is 11.8 Å². The molecule has 1 fully saturated rings. The highest BCUT2D eigenvalue weighted by Gasteiger charge is 2.31. The normalized spacial score (nSPS) is 20.1. The molecule has 7 nitrogen and oxygen atoms in total. The lowest BCUT2D eigenvalue weighted by Crippen LogP contribution is -2.47. The summed E-state index contributed by atoms with van der Waals surface area (Å²) < 4.78 is 0. The first-order chi connectivity index (χ1) is 8.95. The quantitative estimate of drug-likeness (QED) is 0.622. The molecule has 0 aliphatic carbocycles. The number of carbonyl (C=O) groups is 3. The molecule has 1 saturated heterocycles. The van der Waals surface area contributed by atoms with Crippen LogP contribution >= 0.6 is 11.8 Å². The number of hydrogen-bond donors (Lipinski definition) is 3. The van der Waals surface area contributed by atoms with E-state index in [1.54, 1.807) is 0 Å². The number of primary amides is 1. The molecule has 1 heterocycles. The van der Waals surface area contributed by atoms with Crippen LogP contribution in [0.15, 0.2) is 0 Å². The molecule has 0 aromatic heterocycles. The molecule has 1 unspecified atom stereocenters. The summed E-state index contributed by atoms with van der Waals surface area (Å²) in [6, 6.07) is -1.34. The Kier molecular flexibility index (Phi) is 5.94. The number of hydrogen-bond acceptors (Lipinski definition) is 4. The van der Waals surface area contributed by atoms with Crippen LogP contribution in [0.3, 0.4) is 0 Å². The van der Waals surface area contributed by atoms with Crippen LogP contribution in [-0.4, -0.2) is 59.1 Å². The monoisotopic (exact) mass is 289 g/mol. The largest absolute Gasteiger partial charge is 0.480 e. The van der Waals surface area contributed by atoms with Crippen molar-refractivity contribution >= 4 is 29.7 Å². The Hall–Kier alpha value is -1.44. The van der Waals surface area contributed by atoms with Crippen LogP contribution in [0.1, 0.15) is 12.8 Å². The molecule has 2 atom stereocenters. The Morgan fingerprint density at radius 3 is 2.68 bits per heavy atom. The van der Waals surface area contributed by atoms with Crippen LogP contribution in [0, 0.1) is 5.92 Å². The summed E-state index contributed by atoms with van der Waals surface area (Å²) in [4.78, 5) is 35.3. The van der Waals surface area contributed by atoms with E-state index in [-0.39, 0.29) is 12.5 Å². The fourth-order valence-electron chi connectivity index (χ4n) is 1.91. The molecule has 0 radical (unpaired) electrons. The molecule has 0 bridgehead atoms. The maximum Gasteiger partial charge on any atom is 0.326 e. The molecular weight excluding hydrogens is 270 g/mol. The number of nitrogens with zero attached hydrogens (tertiary/aromatic N) is 1. The van der Waals surface area contributed by atoms with Crippen molar-refractivity contribution in [1.82, 2.24) is 10.2 Å². The number of carboxylic acid groups (broad SMARTS) is 1. The zero-order valence-corrected chi connectivity index (χ0v) is 11.6. The Morgan fingerprint density at radius 2 is 2.21 bits per heavy atom. The number of rotatable bonds is 6. The van der Waals surface area contributed by atoms with Crippen molar-refractivity contribution in [2.75, 3.05) is 25.1 Å². The molecule has 0 aromatic carbocycles. The highest BCUT2D eigenvalue weighted by atomic mass is 32.2. The van der Waals surface area contributed by atoms with Crippen LogP contribution in [-0.2, 0) is 9.59 Å². The second-order valence-corrected chi connectivity index (χ2v) is 5.44. The van der Waals surface area contributed by atoms with Crippen LogP contribution in [0.5, 0.6) is 0 Å². The smallest absolute Gasteiger partial charge is 0.326 e. The second kappa shape index (κ2) is 7.22. The number of likely N-dealkylation sites (tertiary alicyclic amines) is 1. The molecule has 108 valence electrons. The number of amides is 3. The van der Waals surface area contributed by atoms with E-state index in [0.717, 1.165) is 0 Å². The lowest BCUT2D eigenvalue weighted by Gasteiger charge is -2.20. The van der Waals surface area contributed by atoms with E-state index in [1.165, 1.54) is 16.7 Å². The summed E-state index contributed by atoms with van der Waals surface area (Å²) in [5.41, 5.74) is 5.18. The van der Waals surface area contributed by atoms with E-state index >= 15 is 0 Å². The van der Waals surface area contributed by atoms with Crippen LogP contribution in [0.2, 0.25) is 0 Å². The fourth-order valence-corrected chi connectivity index (χ4v) is 2.38. The van der Waals surface area contributed by atoms with E-state index in [9.17, 15) is 14.4 Å². The van der Waals surface area contributed by atoms with E-state index in [0.29, 0.717) is 25.1 Å². The zero-order chi connectivity index (χ0) is 14.4. The summed E-state index contributed by atoms with van der Waals surface area (Å²) in [6.45, 7) is 0.685. The molecule has 0 spiro atoms. The van der Waals surface area contributed by atoms with Gasteiger partial charge in [-0.1, -0.05) is 0 Å². The Morgan fingerprint density at radius 1 is 1.53 bits per heavy atom. The third kappa shape index (κ3) is 4.62. The Balaban J connectivity index is 2.49. The molecule has 0 aromatic rings. The first-order valence-corrected chi connectivity index (χ1v) is 7.41.